The lowest BCUT2D eigenvalue weighted by molar-refractivity contribution is 0.102. The first-order valence-electron chi connectivity index (χ1n) is 10.3. The Morgan fingerprint density at radius 3 is 2.29 bits per heavy atom. The number of sulfonamides is 1. The second kappa shape index (κ2) is 7.85. The van der Waals surface area contributed by atoms with Crippen LogP contribution in [0.15, 0.2) is 65.6 Å². The number of nitrogens with zero attached hydrogens (tertiary/aromatic N) is 1. The summed E-state index contributed by atoms with van der Waals surface area (Å²) in [5, 5.41) is 2.96. The van der Waals surface area contributed by atoms with Gasteiger partial charge >= 0.3 is 0 Å². The Hall–Kier alpha value is -3.12. The fourth-order valence-corrected chi connectivity index (χ4v) is 5.77. The van der Waals surface area contributed by atoms with E-state index in [4.69, 9.17) is 0 Å². The van der Waals surface area contributed by atoms with Crippen LogP contribution in [0.2, 0.25) is 0 Å². The molecule has 1 heterocycles. The van der Waals surface area contributed by atoms with Crippen LogP contribution >= 0.6 is 0 Å². The number of hydrogen-bond acceptors (Lipinski definition) is 3. The van der Waals surface area contributed by atoms with Crippen LogP contribution in [0.25, 0.3) is 0 Å². The normalized spacial score (nSPS) is 15.6. The van der Waals surface area contributed by atoms with Crippen LogP contribution < -0.4 is 9.62 Å². The van der Waals surface area contributed by atoms with Crippen molar-refractivity contribution >= 4 is 27.3 Å². The molecule has 6 heteroatoms. The average molecular weight is 435 g/mol. The third-order valence-electron chi connectivity index (χ3n) is 5.70. The van der Waals surface area contributed by atoms with E-state index in [0.29, 0.717) is 17.7 Å². The highest BCUT2D eigenvalue weighted by Crippen LogP contribution is 2.37. The van der Waals surface area contributed by atoms with Gasteiger partial charge in [-0.15, -0.1) is 0 Å². The largest absolute Gasteiger partial charge is 0.322 e. The Bertz CT molecular complexity index is 1260. The lowest BCUT2D eigenvalue weighted by Crippen LogP contribution is -2.35. The molecular formula is C25H26N2O3S. The Balaban J connectivity index is 1.63. The summed E-state index contributed by atoms with van der Waals surface area (Å²) in [6.45, 7) is 7.79. The average Bonchev–Trinajstić information content (AvgIpc) is 3.06. The molecule has 0 aromatic heterocycles. The third-order valence-corrected chi connectivity index (χ3v) is 7.65. The number of amides is 1. The molecule has 0 bridgehead atoms. The topological polar surface area (TPSA) is 66.5 Å². The van der Waals surface area contributed by atoms with E-state index in [-0.39, 0.29) is 16.8 Å². The van der Waals surface area contributed by atoms with Gasteiger partial charge < -0.3 is 5.32 Å². The Morgan fingerprint density at radius 2 is 1.61 bits per heavy atom. The maximum absolute atomic E-state index is 13.3. The van der Waals surface area contributed by atoms with Gasteiger partial charge in [0.2, 0.25) is 0 Å². The van der Waals surface area contributed by atoms with Crippen molar-refractivity contribution in [3.8, 4) is 0 Å². The van der Waals surface area contributed by atoms with Gasteiger partial charge in [-0.05, 0) is 81.6 Å². The standard InChI is InChI=1S/C25H26N2O3S/c1-16-5-9-22(10-6-16)31(29,30)27-19(4)14-21-15-20(8-12-24(21)27)25(28)26-23-11-7-17(2)13-18(23)3/h5-13,15,19H,14H2,1-4H3,(H,26,28)/t19-/m0/s1. The highest BCUT2D eigenvalue weighted by Gasteiger charge is 2.36. The van der Waals surface area contributed by atoms with E-state index < -0.39 is 10.0 Å². The van der Waals surface area contributed by atoms with Gasteiger partial charge in [-0.3, -0.25) is 9.10 Å². The summed E-state index contributed by atoms with van der Waals surface area (Å²) < 4.78 is 28.1. The minimum Gasteiger partial charge on any atom is -0.322 e. The van der Waals surface area contributed by atoms with Gasteiger partial charge in [0.1, 0.15) is 0 Å². The second-order valence-electron chi connectivity index (χ2n) is 8.28. The van der Waals surface area contributed by atoms with E-state index in [1.807, 2.05) is 45.9 Å². The summed E-state index contributed by atoms with van der Waals surface area (Å²) in [4.78, 5) is 13.1. The zero-order valence-corrected chi connectivity index (χ0v) is 19.0. The molecule has 1 N–H and O–H groups in total. The Morgan fingerprint density at radius 1 is 0.935 bits per heavy atom. The van der Waals surface area contributed by atoms with Gasteiger partial charge in [-0.25, -0.2) is 8.42 Å². The maximum atomic E-state index is 13.3. The number of carbonyl (C=O) groups is 1. The highest BCUT2D eigenvalue weighted by atomic mass is 32.2. The van der Waals surface area contributed by atoms with E-state index in [9.17, 15) is 13.2 Å². The minimum absolute atomic E-state index is 0.206. The molecule has 0 aliphatic carbocycles. The molecule has 0 fully saturated rings. The summed E-state index contributed by atoms with van der Waals surface area (Å²) >= 11 is 0. The van der Waals surface area contributed by atoms with Crippen molar-refractivity contribution in [3.63, 3.8) is 0 Å². The van der Waals surface area contributed by atoms with Crippen molar-refractivity contribution in [2.45, 2.75) is 45.1 Å². The van der Waals surface area contributed by atoms with Gasteiger partial charge in [0, 0.05) is 17.3 Å². The molecule has 1 amide bonds. The Kier molecular flexibility index (Phi) is 5.35. The van der Waals surface area contributed by atoms with E-state index >= 15 is 0 Å². The van der Waals surface area contributed by atoms with Crippen LogP contribution in [-0.2, 0) is 16.4 Å². The number of carbonyl (C=O) groups excluding carboxylic acids is 1. The fraction of sp³-hybridized carbons (Fsp3) is 0.240. The number of hydrogen-bond donors (Lipinski definition) is 1. The molecule has 1 atom stereocenters. The summed E-state index contributed by atoms with van der Waals surface area (Å²) in [5.41, 5.74) is 5.92. The number of aryl methyl sites for hydroxylation is 3. The summed E-state index contributed by atoms with van der Waals surface area (Å²) in [6, 6.07) is 17.8. The molecule has 0 saturated carbocycles. The highest BCUT2D eigenvalue weighted by molar-refractivity contribution is 7.92. The van der Waals surface area contributed by atoms with Gasteiger partial charge in [-0.1, -0.05) is 35.4 Å². The summed E-state index contributed by atoms with van der Waals surface area (Å²) in [6.07, 6.45) is 0.561. The van der Waals surface area contributed by atoms with Crippen molar-refractivity contribution < 1.29 is 13.2 Å². The molecule has 0 unspecified atom stereocenters. The molecule has 5 nitrogen and oxygen atoms in total. The molecule has 160 valence electrons. The van der Waals surface area contributed by atoms with Gasteiger partial charge in [0.05, 0.1) is 10.6 Å². The molecule has 0 saturated heterocycles. The van der Waals surface area contributed by atoms with Crippen LogP contribution in [-0.4, -0.2) is 20.4 Å². The van der Waals surface area contributed by atoms with Crippen molar-refractivity contribution in [2.24, 2.45) is 0 Å². The first-order valence-corrected chi connectivity index (χ1v) is 11.7. The molecular weight excluding hydrogens is 408 g/mol. The zero-order chi connectivity index (χ0) is 22.3. The first kappa shape index (κ1) is 21.1. The van der Waals surface area contributed by atoms with Crippen molar-refractivity contribution in [1.29, 1.82) is 0 Å². The Labute approximate surface area is 183 Å². The lowest BCUT2D eigenvalue weighted by Gasteiger charge is -2.24. The fourth-order valence-electron chi connectivity index (χ4n) is 4.08. The lowest BCUT2D eigenvalue weighted by atomic mass is 10.1. The van der Waals surface area contributed by atoms with Crippen LogP contribution in [0.3, 0.4) is 0 Å². The second-order valence-corrected chi connectivity index (χ2v) is 10.1. The van der Waals surface area contributed by atoms with E-state index in [1.54, 1.807) is 42.5 Å². The molecule has 0 radical (unpaired) electrons. The van der Waals surface area contributed by atoms with Crippen molar-refractivity contribution in [2.75, 3.05) is 9.62 Å². The van der Waals surface area contributed by atoms with Gasteiger partial charge in [0.15, 0.2) is 0 Å². The monoisotopic (exact) mass is 434 g/mol. The molecule has 3 aromatic rings. The molecule has 0 spiro atoms. The van der Waals surface area contributed by atoms with Crippen molar-refractivity contribution in [3.05, 3.63) is 88.5 Å². The zero-order valence-electron chi connectivity index (χ0n) is 18.1. The molecule has 3 aromatic carbocycles. The van der Waals surface area contributed by atoms with Crippen LogP contribution in [0.1, 0.15) is 39.5 Å². The summed E-state index contributed by atoms with van der Waals surface area (Å²) in [5.74, 6) is -0.206. The molecule has 1 aliphatic heterocycles. The van der Waals surface area contributed by atoms with E-state index in [2.05, 4.69) is 5.32 Å². The molecule has 4 rings (SSSR count). The quantitative estimate of drug-likeness (QED) is 0.628. The van der Waals surface area contributed by atoms with E-state index in [1.165, 1.54) is 4.31 Å². The number of anilines is 2. The number of nitrogens with one attached hydrogen (secondary N) is 1. The van der Waals surface area contributed by atoms with Gasteiger partial charge in [0.25, 0.3) is 15.9 Å². The van der Waals surface area contributed by atoms with Crippen LogP contribution in [0.5, 0.6) is 0 Å². The SMILES string of the molecule is Cc1ccc(S(=O)(=O)N2c3ccc(C(=O)Nc4ccc(C)cc4C)cc3C[C@@H]2C)cc1. The number of rotatable bonds is 4. The smallest absolute Gasteiger partial charge is 0.264 e. The maximum Gasteiger partial charge on any atom is 0.264 e. The third kappa shape index (κ3) is 3.95. The number of benzene rings is 3. The number of fused-ring (bicyclic) bond motifs is 1. The molecule has 1 aliphatic rings. The van der Waals surface area contributed by atoms with Crippen LogP contribution in [0, 0.1) is 20.8 Å². The van der Waals surface area contributed by atoms with E-state index in [0.717, 1.165) is 27.9 Å². The predicted octanol–water partition coefficient (Wildman–Crippen LogP) is 5.00. The van der Waals surface area contributed by atoms with Gasteiger partial charge in [-0.2, -0.15) is 0 Å². The molecule has 31 heavy (non-hydrogen) atoms. The van der Waals surface area contributed by atoms with Crippen molar-refractivity contribution in [1.82, 2.24) is 0 Å². The van der Waals surface area contributed by atoms with Crippen LogP contribution in [0.4, 0.5) is 11.4 Å². The minimum atomic E-state index is -3.68. The predicted molar refractivity (Wildman–Crippen MR) is 124 cm³/mol. The first-order chi connectivity index (χ1) is 14.7. The summed E-state index contributed by atoms with van der Waals surface area (Å²) in [7, 11) is -3.68.